The minimum atomic E-state index is -0.235. The highest BCUT2D eigenvalue weighted by molar-refractivity contribution is 6.15. The maximum absolute atomic E-state index is 13.7. The predicted molar refractivity (Wildman–Crippen MR) is 131 cm³/mol. The molecule has 0 saturated carbocycles. The third-order valence-corrected chi connectivity index (χ3v) is 5.02. The number of hydrogen-bond donors (Lipinski definition) is 2. The Morgan fingerprint density at radius 2 is 1.06 bits per heavy atom. The lowest BCUT2D eigenvalue weighted by Gasteiger charge is -2.12. The van der Waals surface area contributed by atoms with Gasteiger partial charge in [-0.05, 0) is 48.5 Å². The topological polar surface area (TPSA) is 101 Å². The molecule has 2 N–H and O–H groups in total. The molecule has 0 atom stereocenters. The quantitative estimate of drug-likeness (QED) is 0.405. The van der Waals surface area contributed by atoms with Crippen molar-refractivity contribution in [1.82, 2.24) is 9.97 Å². The predicted octanol–water partition coefficient (Wildman–Crippen LogP) is 4.96. The fourth-order valence-corrected chi connectivity index (χ4v) is 3.68. The van der Waals surface area contributed by atoms with E-state index < -0.39 is 0 Å². The van der Waals surface area contributed by atoms with Crippen LogP contribution in [-0.4, -0.2) is 27.6 Å². The Bertz CT molecular complexity index is 1290. The van der Waals surface area contributed by atoms with Gasteiger partial charge in [-0.3, -0.25) is 24.4 Å². The molecule has 0 aliphatic rings. The summed E-state index contributed by atoms with van der Waals surface area (Å²) in [7, 11) is 0. The summed E-state index contributed by atoms with van der Waals surface area (Å²) in [4.78, 5) is 45.6. The molecule has 4 rings (SSSR count). The van der Waals surface area contributed by atoms with E-state index in [-0.39, 0.29) is 17.6 Å². The number of pyridine rings is 2. The van der Waals surface area contributed by atoms with Crippen molar-refractivity contribution < 1.29 is 14.4 Å². The van der Waals surface area contributed by atoms with E-state index in [0.29, 0.717) is 45.0 Å². The summed E-state index contributed by atoms with van der Waals surface area (Å²) in [6.07, 6.45) is 3.25. The number of nitrogens with zero attached hydrogens (tertiary/aromatic N) is 2. The van der Waals surface area contributed by atoms with E-state index >= 15 is 0 Å². The lowest BCUT2D eigenvalue weighted by molar-refractivity contribution is -0.115. The zero-order chi connectivity index (χ0) is 24.1. The lowest BCUT2D eigenvalue weighted by Crippen LogP contribution is -2.09. The second-order valence-electron chi connectivity index (χ2n) is 7.65. The number of carbonyl (C=O) groups excluding carboxylic acids is 3. The van der Waals surface area contributed by atoms with Crippen molar-refractivity contribution in [2.24, 2.45) is 0 Å². The summed E-state index contributed by atoms with van der Waals surface area (Å²) in [5.74, 6) is -0.604. The maximum atomic E-state index is 13.7. The molecule has 0 unspecified atom stereocenters. The van der Waals surface area contributed by atoms with Crippen LogP contribution in [0.15, 0.2) is 85.2 Å². The highest BCUT2D eigenvalue weighted by Gasteiger charge is 2.20. The number of nitrogens with one attached hydrogen (secondary N) is 2. The minimum Gasteiger partial charge on any atom is -0.326 e. The molecular weight excluding hydrogens is 428 g/mol. The van der Waals surface area contributed by atoms with Gasteiger partial charge in [0.05, 0.1) is 11.4 Å². The Labute approximate surface area is 196 Å². The summed E-state index contributed by atoms with van der Waals surface area (Å²) < 4.78 is 0. The molecule has 0 saturated heterocycles. The zero-order valence-electron chi connectivity index (χ0n) is 18.7. The van der Waals surface area contributed by atoms with Gasteiger partial charge in [-0.25, -0.2) is 0 Å². The number of anilines is 2. The fourth-order valence-electron chi connectivity index (χ4n) is 3.68. The van der Waals surface area contributed by atoms with Gasteiger partial charge >= 0.3 is 0 Å². The number of benzene rings is 2. The van der Waals surface area contributed by atoms with E-state index in [4.69, 9.17) is 0 Å². The van der Waals surface area contributed by atoms with Gasteiger partial charge in [-0.1, -0.05) is 24.3 Å². The number of hydrogen-bond acceptors (Lipinski definition) is 5. The first-order valence-electron chi connectivity index (χ1n) is 10.6. The van der Waals surface area contributed by atoms with Crippen LogP contribution >= 0.6 is 0 Å². The van der Waals surface area contributed by atoms with Crippen LogP contribution in [0.25, 0.3) is 22.5 Å². The van der Waals surface area contributed by atoms with Gasteiger partial charge in [0.25, 0.3) is 0 Å². The number of carbonyl (C=O) groups is 3. The average molecular weight is 450 g/mol. The van der Waals surface area contributed by atoms with Crippen molar-refractivity contribution in [3.63, 3.8) is 0 Å². The molecule has 2 aromatic heterocycles. The number of aromatic nitrogens is 2. The van der Waals surface area contributed by atoms with Gasteiger partial charge in [0.1, 0.15) is 0 Å². The summed E-state index contributed by atoms with van der Waals surface area (Å²) in [6.45, 7) is 2.88. The van der Waals surface area contributed by atoms with E-state index in [2.05, 4.69) is 20.6 Å². The molecule has 0 spiro atoms. The second-order valence-corrected chi connectivity index (χ2v) is 7.65. The first-order valence-corrected chi connectivity index (χ1v) is 10.6. The molecule has 7 nitrogen and oxygen atoms in total. The average Bonchev–Trinajstić information content (AvgIpc) is 2.83. The Morgan fingerprint density at radius 3 is 1.47 bits per heavy atom. The molecule has 2 amide bonds. The third-order valence-electron chi connectivity index (χ3n) is 5.02. The van der Waals surface area contributed by atoms with E-state index in [1.807, 2.05) is 12.1 Å². The first-order chi connectivity index (χ1) is 16.4. The molecule has 168 valence electrons. The molecule has 0 fully saturated rings. The van der Waals surface area contributed by atoms with Gasteiger partial charge in [-0.2, -0.15) is 0 Å². The maximum Gasteiger partial charge on any atom is 0.221 e. The number of rotatable bonds is 6. The van der Waals surface area contributed by atoms with E-state index in [1.54, 1.807) is 73.1 Å². The summed E-state index contributed by atoms with van der Waals surface area (Å²) in [5.41, 5.74) is 4.46. The van der Waals surface area contributed by atoms with Crippen LogP contribution in [0.2, 0.25) is 0 Å². The van der Waals surface area contributed by atoms with Crippen LogP contribution < -0.4 is 10.6 Å². The Kier molecular flexibility index (Phi) is 6.54. The largest absolute Gasteiger partial charge is 0.326 e. The summed E-state index contributed by atoms with van der Waals surface area (Å²) in [6, 6.07) is 21.2. The van der Waals surface area contributed by atoms with Crippen molar-refractivity contribution >= 4 is 29.0 Å². The fraction of sp³-hybridized carbons (Fsp3) is 0.0741. The zero-order valence-corrected chi connectivity index (χ0v) is 18.7. The summed E-state index contributed by atoms with van der Waals surface area (Å²) >= 11 is 0. The van der Waals surface area contributed by atoms with Crippen LogP contribution in [0.1, 0.15) is 29.8 Å². The monoisotopic (exact) mass is 450 g/mol. The molecule has 7 heteroatoms. The van der Waals surface area contributed by atoms with Crippen LogP contribution in [0.3, 0.4) is 0 Å². The van der Waals surface area contributed by atoms with Crippen molar-refractivity contribution in [1.29, 1.82) is 0 Å². The molecule has 34 heavy (non-hydrogen) atoms. The second kappa shape index (κ2) is 9.87. The number of amides is 2. The van der Waals surface area contributed by atoms with Crippen LogP contribution in [0, 0.1) is 0 Å². The smallest absolute Gasteiger partial charge is 0.221 e. The molecule has 2 aromatic carbocycles. The Morgan fingerprint density at radius 1 is 0.618 bits per heavy atom. The first kappa shape index (κ1) is 22.5. The minimum absolute atomic E-state index is 0.184. The van der Waals surface area contributed by atoms with E-state index in [9.17, 15) is 14.4 Å². The Hall–Kier alpha value is -4.65. The van der Waals surface area contributed by atoms with Gasteiger partial charge in [0.15, 0.2) is 5.78 Å². The lowest BCUT2D eigenvalue weighted by atomic mass is 9.95. The molecule has 2 heterocycles. The van der Waals surface area contributed by atoms with Gasteiger partial charge in [-0.15, -0.1) is 0 Å². The van der Waals surface area contributed by atoms with Crippen molar-refractivity contribution in [2.75, 3.05) is 10.6 Å². The highest BCUT2D eigenvalue weighted by Crippen LogP contribution is 2.30. The van der Waals surface area contributed by atoms with Gasteiger partial charge < -0.3 is 10.6 Å². The highest BCUT2D eigenvalue weighted by atomic mass is 16.2. The standard InChI is InChI=1S/C27H22N4O3/c1-17(32)30-21-9-3-7-19(15-21)25-23(11-5-13-28-25)27(34)24-12-6-14-29-26(24)20-8-4-10-22(16-20)31-18(2)33/h3-16H,1-2H3,(H,30,32)(H,31,33). The molecule has 0 aliphatic heterocycles. The molecular formula is C27H22N4O3. The van der Waals surface area contributed by atoms with Gasteiger partial charge in [0.2, 0.25) is 11.8 Å². The molecule has 0 radical (unpaired) electrons. The third kappa shape index (κ3) is 5.05. The van der Waals surface area contributed by atoms with Crippen molar-refractivity contribution in [3.05, 3.63) is 96.3 Å². The Balaban J connectivity index is 1.77. The van der Waals surface area contributed by atoms with Crippen molar-refractivity contribution in [3.8, 4) is 22.5 Å². The van der Waals surface area contributed by atoms with Crippen molar-refractivity contribution in [2.45, 2.75) is 13.8 Å². The molecule has 0 aliphatic carbocycles. The SMILES string of the molecule is CC(=O)Nc1cccc(-c2ncccc2C(=O)c2cccnc2-c2cccc(NC(C)=O)c2)c1. The molecule has 4 aromatic rings. The normalized spacial score (nSPS) is 10.4. The van der Waals surface area contributed by atoms with Crippen LogP contribution in [-0.2, 0) is 9.59 Å². The molecule has 0 bridgehead atoms. The van der Waals surface area contributed by atoms with E-state index in [0.717, 1.165) is 0 Å². The van der Waals surface area contributed by atoms with Gasteiger partial charge in [0, 0.05) is 59.9 Å². The number of ketones is 1. The summed E-state index contributed by atoms with van der Waals surface area (Å²) in [5, 5.41) is 5.51. The van der Waals surface area contributed by atoms with Crippen LogP contribution in [0.4, 0.5) is 11.4 Å². The van der Waals surface area contributed by atoms with E-state index in [1.165, 1.54) is 13.8 Å². The van der Waals surface area contributed by atoms with Crippen LogP contribution in [0.5, 0.6) is 0 Å².